The van der Waals surface area contributed by atoms with Crippen molar-refractivity contribution < 1.29 is 19.2 Å². The van der Waals surface area contributed by atoms with Crippen LogP contribution in [0.1, 0.15) is 32.3 Å². The predicted octanol–water partition coefficient (Wildman–Crippen LogP) is 4.35. The lowest BCUT2D eigenvalue weighted by Crippen LogP contribution is -2.14. The van der Waals surface area contributed by atoms with Crippen LogP contribution in [0.2, 0.25) is 0 Å². The third kappa shape index (κ3) is 6.29. The Morgan fingerprint density at radius 2 is 1.63 bits per heavy atom. The minimum absolute atomic E-state index is 0.000425. The van der Waals surface area contributed by atoms with Crippen molar-refractivity contribution in [2.24, 2.45) is 0 Å². The Hall–Kier alpha value is -3.09. The largest absolute Gasteiger partial charge is 0.490 e. The third-order valence-electron chi connectivity index (χ3n) is 3.66. The van der Waals surface area contributed by atoms with Gasteiger partial charge in [0, 0.05) is 23.9 Å². The van der Waals surface area contributed by atoms with Crippen molar-refractivity contribution in [2.75, 3.05) is 18.5 Å². The second-order valence-corrected chi connectivity index (χ2v) is 6.01. The summed E-state index contributed by atoms with van der Waals surface area (Å²) in [6.07, 6.45) is 1.88. The summed E-state index contributed by atoms with van der Waals surface area (Å²) in [4.78, 5) is 22.5. The van der Waals surface area contributed by atoms with E-state index in [1.54, 1.807) is 30.3 Å². The van der Waals surface area contributed by atoms with Crippen LogP contribution in [0, 0.1) is 10.1 Å². The molecule has 7 heteroatoms. The lowest BCUT2D eigenvalue weighted by molar-refractivity contribution is -0.384. The van der Waals surface area contributed by atoms with Crippen molar-refractivity contribution in [1.29, 1.82) is 0 Å². The SMILES string of the molecule is CCCOc1ccc(NC(=O)Cc2ccc([N+](=O)[O-])cc2)cc1OCCC. The standard InChI is InChI=1S/C20H24N2O5/c1-3-11-26-18-10-7-16(14-19(18)27-12-4-2)21-20(23)13-15-5-8-17(9-6-15)22(24)25/h5-10,14H,3-4,11-13H2,1-2H3,(H,21,23). The molecule has 2 aromatic carbocycles. The lowest BCUT2D eigenvalue weighted by Gasteiger charge is -2.14. The average Bonchev–Trinajstić information content (AvgIpc) is 2.65. The van der Waals surface area contributed by atoms with E-state index in [1.807, 2.05) is 13.8 Å². The quantitative estimate of drug-likeness (QED) is 0.494. The number of hydrogen-bond acceptors (Lipinski definition) is 5. The van der Waals surface area contributed by atoms with Gasteiger partial charge in [0.05, 0.1) is 24.6 Å². The molecule has 0 atom stereocenters. The minimum Gasteiger partial charge on any atom is -0.490 e. The molecule has 1 amide bonds. The number of nitrogens with zero attached hydrogens (tertiary/aromatic N) is 1. The zero-order valence-electron chi connectivity index (χ0n) is 15.6. The van der Waals surface area contributed by atoms with Gasteiger partial charge in [-0.1, -0.05) is 26.0 Å². The molecule has 2 aromatic rings. The zero-order chi connectivity index (χ0) is 19.6. The zero-order valence-corrected chi connectivity index (χ0v) is 15.6. The number of nitro groups is 1. The first kappa shape index (κ1) is 20.2. The molecule has 7 nitrogen and oxygen atoms in total. The fourth-order valence-corrected chi connectivity index (χ4v) is 2.37. The molecule has 0 saturated heterocycles. The van der Waals surface area contributed by atoms with Crippen LogP contribution in [0.15, 0.2) is 42.5 Å². The maximum absolute atomic E-state index is 12.3. The molecule has 0 heterocycles. The van der Waals surface area contributed by atoms with Gasteiger partial charge in [-0.25, -0.2) is 0 Å². The first-order valence-electron chi connectivity index (χ1n) is 8.96. The number of anilines is 1. The van der Waals surface area contributed by atoms with Crippen LogP contribution in [-0.2, 0) is 11.2 Å². The predicted molar refractivity (Wildman–Crippen MR) is 103 cm³/mol. The molecular weight excluding hydrogens is 348 g/mol. The Kier molecular flexibility index (Phi) is 7.61. The number of nitrogens with one attached hydrogen (secondary N) is 1. The Bertz CT molecular complexity index is 774. The summed E-state index contributed by atoms with van der Waals surface area (Å²) in [6.45, 7) is 5.19. The first-order valence-corrected chi connectivity index (χ1v) is 8.96. The van der Waals surface area contributed by atoms with E-state index in [2.05, 4.69) is 5.32 Å². The normalized spacial score (nSPS) is 10.3. The van der Waals surface area contributed by atoms with Crippen LogP contribution in [0.5, 0.6) is 11.5 Å². The Balaban J connectivity index is 2.04. The van der Waals surface area contributed by atoms with E-state index in [9.17, 15) is 14.9 Å². The number of rotatable bonds is 10. The highest BCUT2D eigenvalue weighted by molar-refractivity contribution is 5.92. The second-order valence-electron chi connectivity index (χ2n) is 6.01. The smallest absolute Gasteiger partial charge is 0.269 e. The molecule has 0 bridgehead atoms. The summed E-state index contributed by atoms with van der Waals surface area (Å²) in [5, 5.41) is 13.5. The first-order chi connectivity index (χ1) is 13.0. The highest BCUT2D eigenvalue weighted by Crippen LogP contribution is 2.31. The highest BCUT2D eigenvalue weighted by atomic mass is 16.6. The molecule has 0 saturated carbocycles. The van der Waals surface area contributed by atoms with E-state index in [0.29, 0.717) is 36.0 Å². The van der Waals surface area contributed by atoms with Gasteiger partial charge in [0.15, 0.2) is 11.5 Å². The lowest BCUT2D eigenvalue weighted by atomic mass is 10.1. The van der Waals surface area contributed by atoms with Crippen LogP contribution in [-0.4, -0.2) is 24.0 Å². The van der Waals surface area contributed by atoms with E-state index in [4.69, 9.17) is 9.47 Å². The number of nitro benzene ring substituents is 1. The molecule has 0 radical (unpaired) electrons. The molecule has 0 aliphatic rings. The van der Waals surface area contributed by atoms with Gasteiger partial charge in [-0.2, -0.15) is 0 Å². The molecule has 0 fully saturated rings. The van der Waals surface area contributed by atoms with Gasteiger partial charge in [-0.3, -0.25) is 14.9 Å². The number of non-ortho nitro benzene ring substituents is 1. The second kappa shape index (κ2) is 10.2. The van der Waals surface area contributed by atoms with E-state index in [-0.39, 0.29) is 18.0 Å². The summed E-state index contributed by atoms with van der Waals surface area (Å²) in [7, 11) is 0. The van der Waals surface area contributed by atoms with Crippen LogP contribution in [0.25, 0.3) is 0 Å². The third-order valence-corrected chi connectivity index (χ3v) is 3.66. The topological polar surface area (TPSA) is 90.7 Å². The molecule has 0 aromatic heterocycles. The molecule has 0 unspecified atom stereocenters. The monoisotopic (exact) mass is 372 g/mol. The van der Waals surface area contributed by atoms with Gasteiger partial charge >= 0.3 is 0 Å². The van der Waals surface area contributed by atoms with Crippen molar-refractivity contribution in [2.45, 2.75) is 33.1 Å². The molecule has 1 N–H and O–H groups in total. The molecule has 2 rings (SSSR count). The van der Waals surface area contributed by atoms with E-state index in [1.165, 1.54) is 12.1 Å². The van der Waals surface area contributed by atoms with Crippen LogP contribution in [0.4, 0.5) is 11.4 Å². The van der Waals surface area contributed by atoms with E-state index >= 15 is 0 Å². The van der Waals surface area contributed by atoms with Gasteiger partial charge in [0.1, 0.15) is 0 Å². The summed E-state index contributed by atoms with van der Waals surface area (Å²) in [5.74, 6) is 1.03. The van der Waals surface area contributed by atoms with Gasteiger partial charge in [0.2, 0.25) is 5.91 Å². The summed E-state index contributed by atoms with van der Waals surface area (Å²) < 4.78 is 11.4. The highest BCUT2D eigenvalue weighted by Gasteiger charge is 2.11. The Labute approximate surface area is 158 Å². The van der Waals surface area contributed by atoms with E-state index < -0.39 is 4.92 Å². The molecular formula is C20H24N2O5. The fraction of sp³-hybridized carbons (Fsp3) is 0.350. The van der Waals surface area contributed by atoms with Crippen LogP contribution < -0.4 is 14.8 Å². The molecule has 27 heavy (non-hydrogen) atoms. The summed E-state index contributed by atoms with van der Waals surface area (Å²) >= 11 is 0. The van der Waals surface area contributed by atoms with Gasteiger partial charge in [0.25, 0.3) is 5.69 Å². The van der Waals surface area contributed by atoms with Crippen LogP contribution >= 0.6 is 0 Å². The van der Waals surface area contributed by atoms with Crippen molar-refractivity contribution in [3.8, 4) is 11.5 Å². The molecule has 144 valence electrons. The minimum atomic E-state index is -0.468. The maximum atomic E-state index is 12.3. The average molecular weight is 372 g/mol. The van der Waals surface area contributed by atoms with Crippen molar-refractivity contribution in [3.63, 3.8) is 0 Å². The maximum Gasteiger partial charge on any atom is 0.269 e. The molecule has 0 spiro atoms. The van der Waals surface area contributed by atoms with Crippen molar-refractivity contribution >= 4 is 17.3 Å². The Morgan fingerprint density at radius 3 is 2.22 bits per heavy atom. The number of carbonyl (C=O) groups excluding carboxylic acids is 1. The Morgan fingerprint density at radius 1 is 1.00 bits per heavy atom. The number of hydrogen-bond donors (Lipinski definition) is 1. The van der Waals surface area contributed by atoms with Crippen molar-refractivity contribution in [1.82, 2.24) is 0 Å². The van der Waals surface area contributed by atoms with Gasteiger partial charge in [-0.05, 0) is 30.5 Å². The van der Waals surface area contributed by atoms with E-state index in [0.717, 1.165) is 12.8 Å². The summed E-state index contributed by atoms with van der Waals surface area (Å²) in [6, 6.07) is 11.2. The summed E-state index contributed by atoms with van der Waals surface area (Å²) in [5.41, 5.74) is 1.31. The number of ether oxygens (including phenoxy) is 2. The van der Waals surface area contributed by atoms with Crippen LogP contribution in [0.3, 0.4) is 0 Å². The fourth-order valence-electron chi connectivity index (χ4n) is 2.37. The van der Waals surface area contributed by atoms with Crippen molar-refractivity contribution in [3.05, 3.63) is 58.1 Å². The molecule has 0 aliphatic heterocycles. The number of amides is 1. The number of benzene rings is 2. The van der Waals surface area contributed by atoms with Gasteiger partial charge < -0.3 is 14.8 Å². The molecule has 0 aliphatic carbocycles. The van der Waals surface area contributed by atoms with Gasteiger partial charge in [-0.15, -0.1) is 0 Å². The number of carbonyl (C=O) groups is 1.